The minimum Gasteiger partial charge on any atom is -0.396 e. The number of aliphatic hydroxyl groups is 1. The van der Waals surface area contributed by atoms with Crippen molar-refractivity contribution in [2.24, 2.45) is 10.8 Å². The summed E-state index contributed by atoms with van der Waals surface area (Å²) in [7, 11) is 0. The maximum absolute atomic E-state index is 12.2. The summed E-state index contributed by atoms with van der Waals surface area (Å²) in [6.45, 7) is 32.3. The summed E-state index contributed by atoms with van der Waals surface area (Å²) in [6, 6.07) is 0. The number of aliphatic hydroxyl groups excluding tert-OH is 1. The second-order valence-corrected chi connectivity index (χ2v) is 15.3. The molecule has 47 heavy (non-hydrogen) atoms. The molecule has 0 radical (unpaired) electrons. The Balaban J connectivity index is 6.13. The van der Waals surface area contributed by atoms with Crippen molar-refractivity contribution in [2.75, 3.05) is 66.1 Å². The van der Waals surface area contributed by atoms with Crippen molar-refractivity contribution in [3.63, 3.8) is 0 Å². The van der Waals surface area contributed by atoms with Crippen molar-refractivity contribution in [1.82, 2.24) is 0 Å². The lowest BCUT2D eigenvalue weighted by molar-refractivity contribution is -0.174. The zero-order valence-corrected chi connectivity index (χ0v) is 32.3. The Kier molecular flexibility index (Phi) is 22.2. The Morgan fingerprint density at radius 2 is 1.04 bits per heavy atom. The summed E-state index contributed by atoms with van der Waals surface area (Å²) >= 11 is 0. The molecule has 1 N–H and O–H groups in total. The van der Waals surface area contributed by atoms with Crippen molar-refractivity contribution < 1.29 is 47.8 Å². The average molecular weight is 677 g/mol. The van der Waals surface area contributed by atoms with Gasteiger partial charge in [-0.25, -0.2) is 0 Å². The molecule has 10 nitrogen and oxygen atoms in total. The number of hydrogen-bond acceptors (Lipinski definition) is 10. The van der Waals surface area contributed by atoms with Gasteiger partial charge in [0.05, 0.1) is 106 Å². The summed E-state index contributed by atoms with van der Waals surface area (Å²) in [5.41, 5.74) is -2.73. The number of ketones is 1. The van der Waals surface area contributed by atoms with Gasteiger partial charge in [-0.3, -0.25) is 4.79 Å². The van der Waals surface area contributed by atoms with Crippen molar-refractivity contribution in [2.45, 2.75) is 145 Å². The fourth-order valence-electron chi connectivity index (χ4n) is 4.23. The Bertz CT molecular complexity index is 813. The Labute approximate surface area is 287 Å². The molecule has 0 bridgehead atoms. The van der Waals surface area contributed by atoms with Gasteiger partial charge in [0.15, 0.2) is 5.78 Å². The maximum Gasteiger partial charge on any atom is 0.186 e. The molecule has 0 aliphatic heterocycles. The summed E-state index contributed by atoms with van der Waals surface area (Å²) in [6.07, 6.45) is 2.30. The van der Waals surface area contributed by atoms with Crippen LogP contribution in [0.1, 0.15) is 103 Å². The first-order chi connectivity index (χ1) is 21.7. The zero-order chi connectivity index (χ0) is 36.3. The van der Waals surface area contributed by atoms with E-state index in [2.05, 4.69) is 6.58 Å². The van der Waals surface area contributed by atoms with Crippen LogP contribution in [0.3, 0.4) is 0 Å². The number of carbonyl (C=O) groups is 1. The lowest BCUT2D eigenvalue weighted by atomic mass is 9.89. The second kappa shape index (κ2) is 22.7. The fourth-order valence-corrected chi connectivity index (χ4v) is 4.23. The molecule has 0 aromatic rings. The van der Waals surface area contributed by atoms with Gasteiger partial charge in [-0.2, -0.15) is 0 Å². The summed E-state index contributed by atoms with van der Waals surface area (Å²) in [5, 5.41) is 9.44. The second-order valence-electron chi connectivity index (χ2n) is 15.3. The van der Waals surface area contributed by atoms with E-state index in [0.717, 1.165) is 0 Å². The van der Waals surface area contributed by atoms with E-state index >= 15 is 0 Å². The quantitative estimate of drug-likeness (QED) is 0.0884. The molecule has 280 valence electrons. The SMILES string of the molecule is C=CC(=O)C(C)(C)OCCC(C)(C)OCC(COCC(COC(C)C)(COC(C)C)COC(C)CCO)(COC(C)C)COC(C)C. The van der Waals surface area contributed by atoms with Gasteiger partial charge in [0.1, 0.15) is 5.60 Å². The molecule has 0 heterocycles. The van der Waals surface area contributed by atoms with Gasteiger partial charge >= 0.3 is 0 Å². The van der Waals surface area contributed by atoms with Gasteiger partial charge in [0.25, 0.3) is 0 Å². The number of carbonyl (C=O) groups excluding carboxylic acids is 1. The molecule has 0 rings (SSSR count). The molecule has 0 aromatic heterocycles. The van der Waals surface area contributed by atoms with Crippen LogP contribution >= 0.6 is 0 Å². The molecular formula is C37H72O10. The fraction of sp³-hybridized carbons (Fsp3) is 0.919. The van der Waals surface area contributed by atoms with E-state index in [-0.39, 0.29) is 42.9 Å². The number of ether oxygens (including phenoxy) is 8. The van der Waals surface area contributed by atoms with Gasteiger partial charge in [-0.15, -0.1) is 0 Å². The lowest BCUT2D eigenvalue weighted by Crippen LogP contribution is -2.48. The molecule has 0 saturated heterocycles. The minimum absolute atomic E-state index is 0.00106. The monoisotopic (exact) mass is 677 g/mol. The highest BCUT2D eigenvalue weighted by molar-refractivity contribution is 5.95. The van der Waals surface area contributed by atoms with Gasteiger partial charge in [0.2, 0.25) is 0 Å². The topological polar surface area (TPSA) is 111 Å². The largest absolute Gasteiger partial charge is 0.396 e. The molecular weight excluding hydrogens is 604 g/mol. The highest BCUT2D eigenvalue weighted by atomic mass is 16.5. The smallest absolute Gasteiger partial charge is 0.186 e. The van der Waals surface area contributed by atoms with E-state index < -0.39 is 22.0 Å². The molecule has 0 aliphatic carbocycles. The lowest BCUT2D eigenvalue weighted by Gasteiger charge is -2.39. The normalized spacial score (nSPS) is 14.2. The van der Waals surface area contributed by atoms with Crippen molar-refractivity contribution in [1.29, 1.82) is 0 Å². The van der Waals surface area contributed by atoms with E-state index in [1.807, 2.05) is 76.2 Å². The Morgan fingerprint density at radius 1 is 0.638 bits per heavy atom. The van der Waals surface area contributed by atoms with Crippen LogP contribution in [-0.2, 0) is 42.7 Å². The predicted molar refractivity (Wildman–Crippen MR) is 187 cm³/mol. The van der Waals surface area contributed by atoms with E-state index in [1.54, 1.807) is 13.8 Å². The highest BCUT2D eigenvalue weighted by Gasteiger charge is 2.39. The number of hydrogen-bond donors (Lipinski definition) is 1. The van der Waals surface area contributed by atoms with E-state index in [9.17, 15) is 9.90 Å². The Morgan fingerprint density at radius 3 is 1.43 bits per heavy atom. The average Bonchev–Trinajstić information content (AvgIpc) is 2.97. The van der Waals surface area contributed by atoms with E-state index in [1.165, 1.54) is 6.08 Å². The summed E-state index contributed by atoms with van der Waals surface area (Å²) in [4.78, 5) is 12.2. The van der Waals surface area contributed by atoms with Crippen LogP contribution in [0.5, 0.6) is 0 Å². The molecule has 1 atom stereocenters. The predicted octanol–water partition coefficient (Wildman–Crippen LogP) is 6.20. The first-order valence-electron chi connectivity index (χ1n) is 17.4. The number of rotatable bonds is 30. The molecule has 1 unspecified atom stereocenters. The first kappa shape index (κ1) is 46.0. The van der Waals surface area contributed by atoms with Crippen LogP contribution in [-0.4, -0.2) is 119 Å². The zero-order valence-electron chi connectivity index (χ0n) is 32.3. The molecule has 10 heteroatoms. The van der Waals surface area contributed by atoms with Crippen LogP contribution in [0.2, 0.25) is 0 Å². The summed E-state index contributed by atoms with van der Waals surface area (Å²) < 4.78 is 50.0. The first-order valence-corrected chi connectivity index (χ1v) is 17.4. The van der Waals surface area contributed by atoms with Gasteiger partial charge < -0.3 is 43.0 Å². The molecule has 0 aliphatic rings. The van der Waals surface area contributed by atoms with Crippen LogP contribution in [0.15, 0.2) is 12.7 Å². The third-order valence-corrected chi connectivity index (χ3v) is 7.63. The van der Waals surface area contributed by atoms with Gasteiger partial charge in [0, 0.05) is 6.61 Å². The molecule has 0 amide bonds. The van der Waals surface area contributed by atoms with Gasteiger partial charge in [-0.05, 0) is 109 Å². The van der Waals surface area contributed by atoms with Crippen LogP contribution in [0, 0.1) is 10.8 Å². The van der Waals surface area contributed by atoms with Crippen LogP contribution in [0.25, 0.3) is 0 Å². The van der Waals surface area contributed by atoms with Crippen molar-refractivity contribution >= 4 is 5.78 Å². The molecule has 0 aromatic carbocycles. The molecule has 0 fully saturated rings. The van der Waals surface area contributed by atoms with Crippen molar-refractivity contribution in [3.8, 4) is 0 Å². The van der Waals surface area contributed by atoms with Crippen LogP contribution in [0.4, 0.5) is 0 Å². The molecule has 0 spiro atoms. The highest BCUT2D eigenvalue weighted by Crippen LogP contribution is 2.29. The van der Waals surface area contributed by atoms with E-state index in [4.69, 9.17) is 37.9 Å². The Hall–Kier alpha value is -0.950. The minimum atomic E-state index is -0.948. The third kappa shape index (κ3) is 21.0. The third-order valence-electron chi connectivity index (χ3n) is 7.63. The van der Waals surface area contributed by atoms with Crippen molar-refractivity contribution in [3.05, 3.63) is 12.7 Å². The van der Waals surface area contributed by atoms with Crippen LogP contribution < -0.4 is 0 Å². The standard InChI is InChI=1S/C37H72O10/c1-15-33(39)35(13,14)46-19-17-34(11,12)47-27-37(24-43-30(6)7,25-44-31(8)9)21-40-20-36(22-41-28(2)3,23-42-29(4)5)26-45-32(10)16-18-38/h15,28-32,38H,1,16-27H2,2-14H3. The van der Waals surface area contributed by atoms with E-state index in [0.29, 0.717) is 72.3 Å². The summed E-state index contributed by atoms with van der Waals surface area (Å²) in [5.74, 6) is -0.161. The molecule has 0 saturated carbocycles. The maximum atomic E-state index is 12.2. The van der Waals surface area contributed by atoms with Gasteiger partial charge in [-0.1, -0.05) is 6.58 Å².